The molecule has 0 spiro atoms. The number of carbonyl (C=O) groups is 2. The number of fused-ring (bicyclic) bond motifs is 1. The number of hydrogen-bond acceptors (Lipinski definition) is 7. The smallest absolute Gasteiger partial charge is 0.247 e. The van der Waals surface area contributed by atoms with Crippen molar-refractivity contribution in [1.82, 2.24) is 14.6 Å². The number of carbonyl (C=O) groups excluding carboxylic acids is 2. The van der Waals surface area contributed by atoms with Crippen LogP contribution < -0.4 is 20.1 Å². The summed E-state index contributed by atoms with van der Waals surface area (Å²) in [5, 5.41) is 19.3. The summed E-state index contributed by atoms with van der Waals surface area (Å²) in [7, 11) is 0. The van der Waals surface area contributed by atoms with Crippen LogP contribution in [0.15, 0.2) is 55.0 Å². The van der Waals surface area contributed by atoms with Crippen molar-refractivity contribution in [3.63, 3.8) is 0 Å². The van der Waals surface area contributed by atoms with Gasteiger partial charge in [0.15, 0.2) is 11.6 Å². The molecule has 12 heteroatoms. The number of benzene rings is 2. The van der Waals surface area contributed by atoms with Crippen LogP contribution in [-0.4, -0.2) is 43.7 Å². The van der Waals surface area contributed by atoms with Crippen molar-refractivity contribution in [1.29, 1.82) is 0 Å². The predicted octanol–water partition coefficient (Wildman–Crippen LogP) is 4.62. The number of nitrogens with one attached hydrogen (secondary N) is 2. The molecular formula is C28H27F2N5O5. The van der Waals surface area contributed by atoms with Crippen LogP contribution in [0.25, 0.3) is 5.52 Å². The molecule has 2 aromatic carbocycles. The van der Waals surface area contributed by atoms with Crippen molar-refractivity contribution in [3.8, 4) is 17.4 Å². The summed E-state index contributed by atoms with van der Waals surface area (Å²) in [6.45, 7) is 5.05. The van der Waals surface area contributed by atoms with Crippen LogP contribution in [-0.2, 0) is 9.59 Å². The molecule has 40 heavy (non-hydrogen) atoms. The first kappa shape index (κ1) is 27.0. The highest BCUT2D eigenvalue weighted by Gasteiger charge is 2.56. The number of aryl methyl sites for hydroxylation is 1. The van der Waals surface area contributed by atoms with E-state index in [1.165, 1.54) is 47.2 Å². The van der Waals surface area contributed by atoms with Gasteiger partial charge < -0.3 is 25.2 Å². The quantitative estimate of drug-likeness (QED) is 0.259. The van der Waals surface area contributed by atoms with Gasteiger partial charge in [-0.2, -0.15) is 10.1 Å². The van der Waals surface area contributed by atoms with Gasteiger partial charge in [0.1, 0.15) is 35.4 Å². The van der Waals surface area contributed by atoms with Crippen LogP contribution in [0.5, 0.6) is 17.4 Å². The Labute approximate surface area is 227 Å². The molecule has 0 atom stereocenters. The predicted molar refractivity (Wildman–Crippen MR) is 141 cm³/mol. The molecule has 10 nitrogen and oxygen atoms in total. The van der Waals surface area contributed by atoms with E-state index < -0.39 is 34.5 Å². The molecule has 1 fully saturated rings. The summed E-state index contributed by atoms with van der Waals surface area (Å²) < 4.78 is 41.1. The first-order chi connectivity index (χ1) is 18.9. The fraction of sp³-hybridized carbons (Fsp3) is 0.286. The number of rotatable bonds is 9. The summed E-state index contributed by atoms with van der Waals surface area (Å²) in [5.74, 6) is -1.90. The third-order valence-electron chi connectivity index (χ3n) is 6.45. The summed E-state index contributed by atoms with van der Waals surface area (Å²) in [6.07, 6.45) is 3.52. The van der Waals surface area contributed by atoms with Crippen molar-refractivity contribution >= 4 is 28.7 Å². The van der Waals surface area contributed by atoms with Gasteiger partial charge in [-0.1, -0.05) is 0 Å². The summed E-state index contributed by atoms with van der Waals surface area (Å²) in [5.41, 5.74) is -0.733. The molecule has 0 unspecified atom stereocenters. The highest BCUT2D eigenvalue weighted by Crippen LogP contribution is 2.47. The lowest BCUT2D eigenvalue weighted by Crippen LogP contribution is -2.35. The largest absolute Gasteiger partial charge is 0.489 e. The van der Waals surface area contributed by atoms with Crippen LogP contribution in [0, 0.1) is 24.0 Å². The zero-order valence-corrected chi connectivity index (χ0v) is 22.0. The number of amides is 2. The summed E-state index contributed by atoms with van der Waals surface area (Å²) in [6, 6.07) is 9.09. The molecule has 2 aromatic heterocycles. The SMILES string of the molecule is Cc1c(OCC(C)(C)O)cn2ncnc(Oc3ccc(NC(=O)C4(C(=O)Nc5ccc(F)cc5)CC4)cc3F)c12. The number of hydrogen-bond donors (Lipinski definition) is 3. The molecule has 1 aliphatic rings. The second kappa shape index (κ2) is 10.2. The number of aromatic nitrogens is 3. The van der Waals surface area contributed by atoms with Gasteiger partial charge in [-0.05, 0) is 70.0 Å². The van der Waals surface area contributed by atoms with E-state index in [0.29, 0.717) is 35.4 Å². The van der Waals surface area contributed by atoms with E-state index in [0.717, 1.165) is 6.07 Å². The van der Waals surface area contributed by atoms with Crippen LogP contribution in [0.2, 0.25) is 0 Å². The number of halogens is 2. The van der Waals surface area contributed by atoms with E-state index >= 15 is 4.39 Å². The Kier molecular flexibility index (Phi) is 6.88. The third kappa shape index (κ3) is 5.57. The minimum atomic E-state index is -1.29. The Bertz CT molecular complexity index is 1590. The number of nitrogens with zero attached hydrogens (tertiary/aromatic N) is 3. The molecule has 0 bridgehead atoms. The van der Waals surface area contributed by atoms with Gasteiger partial charge >= 0.3 is 0 Å². The van der Waals surface area contributed by atoms with Crippen molar-refractivity contribution in [3.05, 3.63) is 72.2 Å². The Hall–Kier alpha value is -4.58. The fourth-order valence-corrected chi connectivity index (χ4v) is 4.06. The minimum Gasteiger partial charge on any atom is -0.489 e. The Balaban J connectivity index is 1.29. The average Bonchev–Trinajstić information content (AvgIpc) is 3.65. The van der Waals surface area contributed by atoms with Gasteiger partial charge in [0.05, 0.1) is 11.8 Å². The van der Waals surface area contributed by atoms with E-state index in [-0.39, 0.29) is 23.9 Å². The molecule has 2 heterocycles. The summed E-state index contributed by atoms with van der Waals surface area (Å²) >= 11 is 0. The van der Waals surface area contributed by atoms with Crippen LogP contribution in [0.3, 0.4) is 0 Å². The lowest BCUT2D eigenvalue weighted by Gasteiger charge is -2.17. The molecule has 1 saturated carbocycles. The molecule has 0 saturated heterocycles. The molecular weight excluding hydrogens is 524 g/mol. The maximum Gasteiger partial charge on any atom is 0.247 e. The normalized spacial score (nSPS) is 14.1. The van der Waals surface area contributed by atoms with E-state index in [1.54, 1.807) is 27.0 Å². The maximum atomic E-state index is 15.0. The molecule has 1 aliphatic carbocycles. The molecule has 0 aliphatic heterocycles. The van der Waals surface area contributed by atoms with Crippen LogP contribution in [0.1, 0.15) is 32.3 Å². The molecule has 3 N–H and O–H groups in total. The monoisotopic (exact) mass is 551 g/mol. The second-order valence-corrected chi connectivity index (χ2v) is 10.3. The molecule has 4 aromatic rings. The first-order valence-corrected chi connectivity index (χ1v) is 12.5. The zero-order chi connectivity index (χ0) is 28.7. The van der Waals surface area contributed by atoms with Gasteiger partial charge in [-0.15, -0.1) is 0 Å². The molecule has 5 rings (SSSR count). The maximum absolute atomic E-state index is 15.0. The molecule has 0 radical (unpaired) electrons. The highest BCUT2D eigenvalue weighted by atomic mass is 19.1. The number of aliphatic hydroxyl groups is 1. The van der Waals surface area contributed by atoms with E-state index in [9.17, 15) is 19.1 Å². The van der Waals surface area contributed by atoms with Gasteiger partial charge in [-0.25, -0.2) is 13.3 Å². The fourth-order valence-electron chi connectivity index (χ4n) is 4.06. The number of anilines is 2. The minimum absolute atomic E-state index is 0.0470. The van der Waals surface area contributed by atoms with E-state index in [2.05, 4.69) is 20.7 Å². The van der Waals surface area contributed by atoms with E-state index in [4.69, 9.17) is 9.47 Å². The van der Waals surface area contributed by atoms with Gasteiger partial charge in [-0.3, -0.25) is 9.59 Å². The third-order valence-corrected chi connectivity index (χ3v) is 6.45. The topological polar surface area (TPSA) is 127 Å². The molecule has 208 valence electrons. The van der Waals surface area contributed by atoms with Crippen LogP contribution >= 0.6 is 0 Å². The van der Waals surface area contributed by atoms with Crippen molar-refractivity contribution in [2.75, 3.05) is 17.2 Å². The Morgan fingerprint density at radius 2 is 1.70 bits per heavy atom. The first-order valence-electron chi connectivity index (χ1n) is 12.5. The van der Waals surface area contributed by atoms with E-state index in [1.807, 2.05) is 0 Å². The Morgan fingerprint density at radius 3 is 2.33 bits per heavy atom. The zero-order valence-electron chi connectivity index (χ0n) is 22.0. The second-order valence-electron chi connectivity index (χ2n) is 10.3. The summed E-state index contributed by atoms with van der Waals surface area (Å²) in [4.78, 5) is 29.8. The highest BCUT2D eigenvalue weighted by molar-refractivity contribution is 6.16. The van der Waals surface area contributed by atoms with Crippen molar-refractivity contribution < 1.29 is 33.0 Å². The van der Waals surface area contributed by atoms with Crippen molar-refractivity contribution in [2.24, 2.45) is 5.41 Å². The van der Waals surface area contributed by atoms with Gasteiger partial charge in [0, 0.05) is 23.0 Å². The van der Waals surface area contributed by atoms with Crippen LogP contribution in [0.4, 0.5) is 20.2 Å². The van der Waals surface area contributed by atoms with Crippen molar-refractivity contribution in [2.45, 2.75) is 39.2 Å². The standard InChI is InChI=1S/C28H27F2N5O5/c1-16-22(39-14-27(2,3)38)13-35-23(16)24(31-15-32-35)40-21-9-8-19(12-20(21)30)34-26(37)28(10-11-28)25(36)33-18-6-4-17(29)5-7-18/h4-9,12-13,15,38H,10-11,14H2,1-3H3,(H,33,36)(H,34,37). The number of ether oxygens (including phenoxy) is 2. The Morgan fingerprint density at radius 1 is 1.05 bits per heavy atom. The lowest BCUT2D eigenvalue weighted by molar-refractivity contribution is -0.131. The van der Waals surface area contributed by atoms with Gasteiger partial charge in [0.2, 0.25) is 17.7 Å². The van der Waals surface area contributed by atoms with Gasteiger partial charge in [0.25, 0.3) is 0 Å². The average molecular weight is 552 g/mol. The lowest BCUT2D eigenvalue weighted by atomic mass is 10.0. The molecule has 2 amide bonds.